The van der Waals surface area contributed by atoms with E-state index >= 15 is 0 Å². The molecule has 0 fully saturated rings. The number of fused-ring (bicyclic) bond motifs is 1. The monoisotopic (exact) mass is 247 g/mol. The molecule has 2 heterocycles. The van der Waals surface area contributed by atoms with Crippen LogP contribution in [0.2, 0.25) is 0 Å². The van der Waals surface area contributed by atoms with Crippen molar-refractivity contribution < 1.29 is 4.79 Å². The minimum absolute atomic E-state index is 0.184. The molecule has 1 unspecified atom stereocenters. The standard InChI is InChI=1S/C14H21N3O/c1-11(15)4-2-6-14(18)17-9-7-13-12(10-17)5-3-8-16-13/h3,5,8,11H,2,4,6-7,9-10,15H2,1H3. The molecule has 4 nitrogen and oxygen atoms in total. The van der Waals surface area contributed by atoms with E-state index in [1.807, 2.05) is 24.1 Å². The van der Waals surface area contributed by atoms with Crippen LogP contribution in [-0.4, -0.2) is 28.4 Å². The lowest BCUT2D eigenvalue weighted by Crippen LogP contribution is -2.36. The first-order chi connectivity index (χ1) is 8.66. The molecule has 98 valence electrons. The first-order valence-electron chi connectivity index (χ1n) is 6.63. The second-order valence-electron chi connectivity index (χ2n) is 5.04. The van der Waals surface area contributed by atoms with E-state index < -0.39 is 0 Å². The van der Waals surface area contributed by atoms with Gasteiger partial charge in [0.25, 0.3) is 0 Å². The van der Waals surface area contributed by atoms with Gasteiger partial charge in [0.05, 0.1) is 0 Å². The van der Waals surface area contributed by atoms with Crippen LogP contribution in [0.4, 0.5) is 0 Å². The van der Waals surface area contributed by atoms with Gasteiger partial charge in [0.2, 0.25) is 5.91 Å². The van der Waals surface area contributed by atoms with E-state index in [1.165, 1.54) is 5.56 Å². The zero-order chi connectivity index (χ0) is 13.0. The van der Waals surface area contributed by atoms with E-state index in [4.69, 9.17) is 5.73 Å². The Morgan fingerprint density at radius 1 is 1.61 bits per heavy atom. The normalized spacial score (nSPS) is 16.2. The molecular weight excluding hydrogens is 226 g/mol. The molecule has 1 aliphatic heterocycles. The van der Waals surface area contributed by atoms with Crippen LogP contribution in [0.1, 0.15) is 37.4 Å². The lowest BCUT2D eigenvalue weighted by atomic mass is 10.0. The summed E-state index contributed by atoms with van der Waals surface area (Å²) < 4.78 is 0. The number of amides is 1. The molecule has 1 aromatic rings. The SMILES string of the molecule is CC(N)CCCC(=O)N1CCc2ncccc2C1. The van der Waals surface area contributed by atoms with Crippen LogP contribution >= 0.6 is 0 Å². The first-order valence-corrected chi connectivity index (χ1v) is 6.63. The highest BCUT2D eigenvalue weighted by molar-refractivity contribution is 5.76. The van der Waals surface area contributed by atoms with Gasteiger partial charge in [-0.1, -0.05) is 6.07 Å². The maximum atomic E-state index is 12.1. The van der Waals surface area contributed by atoms with Crippen molar-refractivity contribution in [2.24, 2.45) is 5.73 Å². The number of pyridine rings is 1. The van der Waals surface area contributed by atoms with Crippen LogP contribution in [-0.2, 0) is 17.8 Å². The van der Waals surface area contributed by atoms with Gasteiger partial charge < -0.3 is 10.6 Å². The molecule has 18 heavy (non-hydrogen) atoms. The Hall–Kier alpha value is -1.42. The molecule has 0 spiro atoms. The quantitative estimate of drug-likeness (QED) is 0.876. The number of aromatic nitrogens is 1. The molecule has 1 aliphatic rings. The molecule has 0 saturated carbocycles. The smallest absolute Gasteiger partial charge is 0.222 e. The van der Waals surface area contributed by atoms with Crippen molar-refractivity contribution in [1.29, 1.82) is 0 Å². The van der Waals surface area contributed by atoms with Crippen LogP contribution in [0.3, 0.4) is 0 Å². The van der Waals surface area contributed by atoms with Crippen molar-refractivity contribution in [2.45, 2.75) is 45.2 Å². The van der Waals surface area contributed by atoms with E-state index in [9.17, 15) is 4.79 Å². The number of rotatable bonds is 4. The van der Waals surface area contributed by atoms with Crippen molar-refractivity contribution in [3.05, 3.63) is 29.6 Å². The van der Waals surface area contributed by atoms with Crippen LogP contribution < -0.4 is 5.73 Å². The molecule has 0 bridgehead atoms. The molecular formula is C14H21N3O. The highest BCUT2D eigenvalue weighted by Crippen LogP contribution is 2.17. The van der Waals surface area contributed by atoms with E-state index in [-0.39, 0.29) is 11.9 Å². The fraction of sp³-hybridized carbons (Fsp3) is 0.571. The third kappa shape index (κ3) is 3.29. The first kappa shape index (κ1) is 13.0. The molecule has 0 aliphatic carbocycles. The summed E-state index contributed by atoms with van der Waals surface area (Å²) in [7, 11) is 0. The second-order valence-corrected chi connectivity index (χ2v) is 5.04. The van der Waals surface area contributed by atoms with Gasteiger partial charge >= 0.3 is 0 Å². The summed E-state index contributed by atoms with van der Waals surface area (Å²) >= 11 is 0. The highest BCUT2D eigenvalue weighted by atomic mass is 16.2. The number of nitrogens with two attached hydrogens (primary N) is 1. The van der Waals surface area contributed by atoms with Crippen molar-refractivity contribution in [3.8, 4) is 0 Å². The van der Waals surface area contributed by atoms with Gasteiger partial charge in [0, 0.05) is 43.9 Å². The summed E-state index contributed by atoms with van der Waals surface area (Å²) in [5.41, 5.74) is 8.01. The molecule has 1 aromatic heterocycles. The number of carbonyl (C=O) groups excluding carboxylic acids is 1. The Kier molecular flexibility index (Phi) is 4.31. The van der Waals surface area contributed by atoms with Gasteiger partial charge in [0.1, 0.15) is 0 Å². The second kappa shape index (κ2) is 5.96. The minimum atomic E-state index is 0.184. The third-order valence-corrected chi connectivity index (χ3v) is 3.37. The number of nitrogens with zero attached hydrogens (tertiary/aromatic N) is 2. The highest BCUT2D eigenvalue weighted by Gasteiger charge is 2.20. The maximum Gasteiger partial charge on any atom is 0.222 e. The molecule has 0 saturated heterocycles. The molecule has 2 N–H and O–H groups in total. The van der Waals surface area contributed by atoms with Gasteiger partial charge in [-0.2, -0.15) is 0 Å². The summed E-state index contributed by atoms with van der Waals surface area (Å²) in [5, 5.41) is 0. The van der Waals surface area contributed by atoms with Gasteiger partial charge in [-0.3, -0.25) is 9.78 Å². The van der Waals surface area contributed by atoms with Gasteiger partial charge in [0.15, 0.2) is 0 Å². The Morgan fingerprint density at radius 3 is 3.22 bits per heavy atom. The topological polar surface area (TPSA) is 59.2 Å². The Labute approximate surface area is 108 Å². The lowest BCUT2D eigenvalue weighted by Gasteiger charge is -2.28. The van der Waals surface area contributed by atoms with Gasteiger partial charge in [-0.25, -0.2) is 0 Å². The Bertz CT molecular complexity index is 417. The summed E-state index contributed by atoms with van der Waals surface area (Å²) in [6.45, 7) is 3.48. The number of hydrogen-bond acceptors (Lipinski definition) is 3. The summed E-state index contributed by atoms with van der Waals surface area (Å²) in [6.07, 6.45) is 5.09. The fourth-order valence-corrected chi connectivity index (χ4v) is 2.31. The van der Waals surface area contributed by atoms with Crippen molar-refractivity contribution in [3.63, 3.8) is 0 Å². The zero-order valence-electron chi connectivity index (χ0n) is 10.9. The van der Waals surface area contributed by atoms with Gasteiger partial charge in [-0.15, -0.1) is 0 Å². The average molecular weight is 247 g/mol. The van der Waals surface area contributed by atoms with E-state index in [0.717, 1.165) is 31.5 Å². The molecule has 2 rings (SSSR count). The minimum Gasteiger partial charge on any atom is -0.338 e. The van der Waals surface area contributed by atoms with E-state index in [2.05, 4.69) is 11.1 Å². The number of carbonyl (C=O) groups is 1. The summed E-state index contributed by atoms with van der Waals surface area (Å²) in [6, 6.07) is 4.18. The molecule has 0 radical (unpaired) electrons. The molecule has 0 aromatic carbocycles. The van der Waals surface area contributed by atoms with Crippen LogP contribution in [0, 0.1) is 0 Å². The predicted molar refractivity (Wildman–Crippen MR) is 70.9 cm³/mol. The summed E-state index contributed by atoms with van der Waals surface area (Å²) in [4.78, 5) is 18.3. The van der Waals surface area contributed by atoms with Crippen molar-refractivity contribution in [1.82, 2.24) is 9.88 Å². The third-order valence-electron chi connectivity index (χ3n) is 3.37. The van der Waals surface area contributed by atoms with Crippen LogP contribution in [0.15, 0.2) is 18.3 Å². The van der Waals surface area contributed by atoms with Crippen molar-refractivity contribution >= 4 is 5.91 Å². The Morgan fingerprint density at radius 2 is 2.44 bits per heavy atom. The fourth-order valence-electron chi connectivity index (χ4n) is 2.31. The maximum absolute atomic E-state index is 12.1. The molecule has 1 atom stereocenters. The zero-order valence-corrected chi connectivity index (χ0v) is 10.9. The van der Waals surface area contributed by atoms with Gasteiger partial charge in [-0.05, 0) is 31.4 Å². The van der Waals surface area contributed by atoms with E-state index in [1.54, 1.807) is 0 Å². The number of hydrogen-bond donors (Lipinski definition) is 1. The molecule has 4 heteroatoms. The lowest BCUT2D eigenvalue weighted by molar-refractivity contribution is -0.132. The predicted octanol–water partition coefficient (Wildman–Crippen LogP) is 1.48. The van der Waals surface area contributed by atoms with Crippen LogP contribution in [0.25, 0.3) is 0 Å². The average Bonchev–Trinajstić information content (AvgIpc) is 2.37. The van der Waals surface area contributed by atoms with Crippen molar-refractivity contribution in [2.75, 3.05) is 6.54 Å². The van der Waals surface area contributed by atoms with Crippen LogP contribution in [0.5, 0.6) is 0 Å². The van der Waals surface area contributed by atoms with E-state index in [0.29, 0.717) is 13.0 Å². The largest absolute Gasteiger partial charge is 0.338 e. The Balaban J connectivity index is 1.87. The molecule has 1 amide bonds. The summed E-state index contributed by atoms with van der Waals surface area (Å²) in [5.74, 6) is 0.241.